The van der Waals surface area contributed by atoms with Gasteiger partial charge in [-0.25, -0.2) is 0 Å². The molecule has 1 aromatic rings. The van der Waals surface area contributed by atoms with Crippen molar-refractivity contribution in [3.05, 3.63) is 23.8 Å². The summed E-state index contributed by atoms with van der Waals surface area (Å²) in [4.78, 5) is 14.1. The van der Waals surface area contributed by atoms with Crippen molar-refractivity contribution in [1.82, 2.24) is 10.2 Å². The van der Waals surface area contributed by atoms with Crippen LogP contribution in [-0.4, -0.2) is 62.4 Å². The Morgan fingerprint density at radius 3 is 2.76 bits per heavy atom. The van der Waals surface area contributed by atoms with Gasteiger partial charge in [0.15, 0.2) is 0 Å². The lowest BCUT2D eigenvalue weighted by Crippen LogP contribution is -2.45. The molecule has 2 N–H and O–H groups in total. The van der Waals surface area contributed by atoms with E-state index >= 15 is 0 Å². The van der Waals surface area contributed by atoms with E-state index in [9.17, 15) is 9.90 Å². The van der Waals surface area contributed by atoms with Crippen LogP contribution in [0.5, 0.6) is 11.5 Å². The first-order valence-corrected chi connectivity index (χ1v) is 6.90. The first-order valence-electron chi connectivity index (χ1n) is 6.90. The number of benzene rings is 1. The summed E-state index contributed by atoms with van der Waals surface area (Å²) in [5.74, 6) is 0.879. The van der Waals surface area contributed by atoms with Crippen LogP contribution < -0.4 is 14.8 Å². The number of aliphatic hydroxyl groups is 1. The Labute approximate surface area is 124 Å². The minimum Gasteiger partial charge on any atom is -0.497 e. The number of nitrogens with one attached hydrogen (secondary N) is 1. The smallest absolute Gasteiger partial charge is 0.257 e. The minimum atomic E-state index is -0.865. The predicted molar refractivity (Wildman–Crippen MR) is 78.9 cm³/mol. The molecule has 1 fully saturated rings. The SMILES string of the molecule is COc1ccc(OC)c(C(=O)N(C)CC2(O)CCNC2)c1. The zero-order valence-corrected chi connectivity index (χ0v) is 12.7. The Hall–Kier alpha value is -1.79. The highest BCUT2D eigenvalue weighted by atomic mass is 16.5. The lowest BCUT2D eigenvalue weighted by Gasteiger charge is -2.28. The molecule has 6 heteroatoms. The molecule has 0 saturated carbocycles. The van der Waals surface area contributed by atoms with Crippen molar-refractivity contribution in [2.24, 2.45) is 0 Å². The van der Waals surface area contributed by atoms with Gasteiger partial charge in [-0.2, -0.15) is 0 Å². The van der Waals surface area contributed by atoms with E-state index in [0.29, 0.717) is 30.0 Å². The first-order chi connectivity index (χ1) is 9.99. The Balaban J connectivity index is 2.18. The van der Waals surface area contributed by atoms with Crippen molar-refractivity contribution in [3.8, 4) is 11.5 Å². The highest BCUT2D eigenvalue weighted by Crippen LogP contribution is 2.26. The fraction of sp³-hybridized carbons (Fsp3) is 0.533. The van der Waals surface area contributed by atoms with Crippen LogP contribution in [0.3, 0.4) is 0 Å². The number of β-amino-alcohol motifs (C(OH)–C–C–N with tert-alkyl or cyclic N) is 1. The molecule has 1 amide bonds. The normalized spacial score (nSPS) is 21.1. The number of hydrogen-bond donors (Lipinski definition) is 2. The lowest BCUT2D eigenvalue weighted by atomic mass is 10.0. The topological polar surface area (TPSA) is 71.0 Å². The summed E-state index contributed by atoms with van der Waals surface area (Å²) in [6, 6.07) is 5.09. The van der Waals surface area contributed by atoms with E-state index in [4.69, 9.17) is 9.47 Å². The van der Waals surface area contributed by atoms with Crippen LogP contribution in [0.1, 0.15) is 16.8 Å². The summed E-state index contributed by atoms with van der Waals surface area (Å²) < 4.78 is 10.4. The summed E-state index contributed by atoms with van der Waals surface area (Å²) in [6.45, 7) is 1.54. The van der Waals surface area contributed by atoms with Crippen LogP contribution in [0, 0.1) is 0 Å². The molecule has 0 radical (unpaired) electrons. The Morgan fingerprint density at radius 1 is 1.43 bits per heavy atom. The van der Waals surface area contributed by atoms with Gasteiger partial charge in [0, 0.05) is 13.6 Å². The molecule has 1 heterocycles. The van der Waals surface area contributed by atoms with Gasteiger partial charge in [0.05, 0.1) is 31.9 Å². The van der Waals surface area contributed by atoms with E-state index < -0.39 is 5.60 Å². The zero-order chi connectivity index (χ0) is 15.5. The molecule has 2 rings (SSSR count). The van der Waals surface area contributed by atoms with Crippen molar-refractivity contribution in [3.63, 3.8) is 0 Å². The third kappa shape index (κ3) is 3.46. The maximum atomic E-state index is 12.6. The number of ether oxygens (including phenoxy) is 2. The molecule has 1 unspecified atom stereocenters. The average molecular weight is 294 g/mol. The fourth-order valence-corrected chi connectivity index (χ4v) is 2.57. The van der Waals surface area contributed by atoms with Crippen molar-refractivity contribution in [2.45, 2.75) is 12.0 Å². The second-order valence-corrected chi connectivity index (χ2v) is 5.38. The molecule has 6 nitrogen and oxygen atoms in total. The fourth-order valence-electron chi connectivity index (χ4n) is 2.57. The van der Waals surface area contributed by atoms with E-state index in [1.165, 1.54) is 12.0 Å². The second-order valence-electron chi connectivity index (χ2n) is 5.38. The third-order valence-corrected chi connectivity index (χ3v) is 3.74. The maximum Gasteiger partial charge on any atom is 0.257 e. The standard InChI is InChI=1S/C15H22N2O4/c1-17(10-15(19)6-7-16-9-15)14(18)12-8-11(20-2)4-5-13(12)21-3/h4-5,8,16,19H,6-7,9-10H2,1-3H3. The molecule has 116 valence electrons. The number of amides is 1. The Kier molecular flexibility index (Phi) is 4.69. The summed E-state index contributed by atoms with van der Waals surface area (Å²) in [5.41, 5.74) is -0.440. The quantitative estimate of drug-likeness (QED) is 0.827. The molecule has 1 atom stereocenters. The highest BCUT2D eigenvalue weighted by molar-refractivity contribution is 5.97. The number of carbonyl (C=O) groups excluding carboxylic acids is 1. The van der Waals surface area contributed by atoms with E-state index in [0.717, 1.165) is 6.54 Å². The Bertz CT molecular complexity index is 512. The number of nitrogens with zero attached hydrogens (tertiary/aromatic N) is 1. The number of rotatable bonds is 5. The van der Waals surface area contributed by atoms with Crippen LogP contribution in [0.25, 0.3) is 0 Å². The van der Waals surface area contributed by atoms with Crippen molar-refractivity contribution in [1.29, 1.82) is 0 Å². The summed E-state index contributed by atoms with van der Waals surface area (Å²) in [6.07, 6.45) is 0.639. The van der Waals surface area contributed by atoms with Gasteiger partial charge in [-0.3, -0.25) is 4.79 Å². The molecule has 0 spiro atoms. The van der Waals surface area contributed by atoms with Gasteiger partial charge in [-0.1, -0.05) is 0 Å². The van der Waals surface area contributed by atoms with E-state index in [1.807, 2.05) is 0 Å². The van der Waals surface area contributed by atoms with Gasteiger partial charge in [-0.15, -0.1) is 0 Å². The molecule has 0 bridgehead atoms. The summed E-state index contributed by atoms with van der Waals surface area (Å²) in [5, 5.41) is 13.5. The zero-order valence-electron chi connectivity index (χ0n) is 12.7. The van der Waals surface area contributed by atoms with Gasteiger partial charge in [0.25, 0.3) is 5.91 Å². The lowest BCUT2D eigenvalue weighted by molar-refractivity contribution is 0.0251. The molecule has 0 aromatic heterocycles. The predicted octanol–water partition coefficient (Wildman–Crippen LogP) is 0.500. The van der Waals surface area contributed by atoms with Crippen LogP contribution in [0.4, 0.5) is 0 Å². The molecule has 1 aromatic carbocycles. The molecule has 1 saturated heterocycles. The molecular weight excluding hydrogens is 272 g/mol. The molecule has 0 aliphatic carbocycles. The van der Waals surface area contributed by atoms with Crippen molar-refractivity contribution in [2.75, 3.05) is 40.9 Å². The number of likely N-dealkylation sites (N-methyl/N-ethyl adjacent to an activating group) is 1. The van der Waals surface area contributed by atoms with Gasteiger partial charge in [-0.05, 0) is 31.2 Å². The van der Waals surface area contributed by atoms with Crippen LogP contribution in [0.2, 0.25) is 0 Å². The largest absolute Gasteiger partial charge is 0.497 e. The maximum absolute atomic E-state index is 12.6. The van der Waals surface area contributed by atoms with Crippen LogP contribution >= 0.6 is 0 Å². The van der Waals surface area contributed by atoms with E-state index in [1.54, 1.807) is 32.4 Å². The highest BCUT2D eigenvalue weighted by Gasteiger charge is 2.34. The van der Waals surface area contributed by atoms with Gasteiger partial charge in [0.1, 0.15) is 11.5 Å². The van der Waals surface area contributed by atoms with Crippen LogP contribution in [0.15, 0.2) is 18.2 Å². The first kappa shape index (κ1) is 15.6. The van der Waals surface area contributed by atoms with Gasteiger partial charge >= 0.3 is 0 Å². The van der Waals surface area contributed by atoms with E-state index in [-0.39, 0.29) is 12.5 Å². The molecular formula is C15H22N2O4. The number of carbonyl (C=O) groups is 1. The average Bonchev–Trinajstić information content (AvgIpc) is 2.91. The van der Waals surface area contributed by atoms with Crippen LogP contribution in [-0.2, 0) is 0 Å². The number of hydrogen-bond acceptors (Lipinski definition) is 5. The third-order valence-electron chi connectivity index (χ3n) is 3.74. The Morgan fingerprint density at radius 2 is 2.19 bits per heavy atom. The van der Waals surface area contributed by atoms with E-state index in [2.05, 4.69) is 5.32 Å². The summed E-state index contributed by atoms with van der Waals surface area (Å²) in [7, 11) is 4.75. The van der Waals surface area contributed by atoms with Gasteiger partial charge in [0.2, 0.25) is 0 Å². The summed E-state index contributed by atoms with van der Waals surface area (Å²) >= 11 is 0. The molecule has 1 aliphatic rings. The second kappa shape index (κ2) is 6.32. The van der Waals surface area contributed by atoms with Crippen molar-refractivity contribution >= 4 is 5.91 Å². The van der Waals surface area contributed by atoms with Gasteiger partial charge < -0.3 is 24.8 Å². The number of methoxy groups -OCH3 is 2. The monoisotopic (exact) mass is 294 g/mol. The van der Waals surface area contributed by atoms with Crippen molar-refractivity contribution < 1.29 is 19.4 Å². The molecule has 1 aliphatic heterocycles. The minimum absolute atomic E-state index is 0.203. The molecule has 21 heavy (non-hydrogen) atoms.